The molecule has 0 unspecified atom stereocenters. The highest BCUT2D eigenvalue weighted by atomic mass is 19.1. The van der Waals surface area contributed by atoms with Crippen molar-refractivity contribution in [2.24, 2.45) is 11.7 Å². The fraction of sp³-hybridized carbons (Fsp3) is 0.833. The van der Waals surface area contributed by atoms with Gasteiger partial charge in [0.25, 0.3) is 0 Å². The molecule has 0 bridgehead atoms. The zero-order valence-corrected chi connectivity index (χ0v) is 5.36. The Morgan fingerprint density at radius 3 is 2.33 bits per heavy atom. The highest BCUT2D eigenvalue weighted by Gasteiger charge is 2.43. The topological polar surface area (TPSA) is 43.1 Å². The summed E-state index contributed by atoms with van der Waals surface area (Å²) in [5.74, 6) is -0.579. The quantitative estimate of drug-likeness (QED) is 0.556. The third-order valence-electron chi connectivity index (χ3n) is 1.75. The van der Waals surface area contributed by atoms with Crippen molar-refractivity contribution in [1.82, 2.24) is 0 Å². The smallest absolute Gasteiger partial charge is 0.220 e. The van der Waals surface area contributed by atoms with E-state index < -0.39 is 5.67 Å². The van der Waals surface area contributed by atoms with E-state index in [0.29, 0.717) is 12.8 Å². The van der Waals surface area contributed by atoms with E-state index in [9.17, 15) is 9.18 Å². The summed E-state index contributed by atoms with van der Waals surface area (Å²) in [6.07, 6.45) is 0.616. The minimum absolute atomic E-state index is 0.208. The maximum absolute atomic E-state index is 12.6. The number of nitrogens with two attached hydrogens (primary N) is 1. The van der Waals surface area contributed by atoms with Crippen molar-refractivity contribution in [1.29, 1.82) is 0 Å². The van der Waals surface area contributed by atoms with E-state index in [4.69, 9.17) is 5.73 Å². The van der Waals surface area contributed by atoms with Crippen LogP contribution in [-0.2, 0) is 4.79 Å². The Hall–Kier alpha value is -0.600. The van der Waals surface area contributed by atoms with Crippen LogP contribution in [-0.4, -0.2) is 11.6 Å². The number of carbonyl (C=O) groups is 1. The lowest BCUT2D eigenvalue weighted by molar-refractivity contribution is -0.129. The van der Waals surface area contributed by atoms with Crippen LogP contribution in [0.2, 0.25) is 0 Å². The summed E-state index contributed by atoms with van der Waals surface area (Å²) >= 11 is 0. The van der Waals surface area contributed by atoms with Crippen molar-refractivity contribution >= 4 is 5.91 Å². The first-order chi connectivity index (χ1) is 4.01. The van der Waals surface area contributed by atoms with Crippen LogP contribution in [0.4, 0.5) is 4.39 Å². The molecule has 0 saturated heterocycles. The Morgan fingerprint density at radius 1 is 1.78 bits per heavy atom. The molecule has 2 nitrogen and oxygen atoms in total. The molecule has 0 heterocycles. The molecule has 2 N–H and O–H groups in total. The van der Waals surface area contributed by atoms with E-state index in [1.54, 1.807) is 0 Å². The van der Waals surface area contributed by atoms with Crippen molar-refractivity contribution < 1.29 is 9.18 Å². The van der Waals surface area contributed by atoms with Crippen LogP contribution in [0.15, 0.2) is 0 Å². The van der Waals surface area contributed by atoms with Crippen LogP contribution in [0.3, 0.4) is 0 Å². The highest BCUT2D eigenvalue weighted by molar-refractivity contribution is 5.77. The molecule has 1 fully saturated rings. The minimum Gasteiger partial charge on any atom is -0.369 e. The van der Waals surface area contributed by atoms with E-state index in [1.165, 1.54) is 6.92 Å². The number of amides is 1. The normalized spacial score (nSPS) is 41.8. The van der Waals surface area contributed by atoms with E-state index in [1.807, 2.05) is 0 Å². The average molecular weight is 131 g/mol. The molecular formula is C6H10FNO. The molecule has 9 heavy (non-hydrogen) atoms. The van der Waals surface area contributed by atoms with Gasteiger partial charge in [-0.2, -0.15) is 0 Å². The van der Waals surface area contributed by atoms with E-state index in [-0.39, 0.29) is 11.8 Å². The Bertz CT molecular complexity index is 136. The molecular weight excluding hydrogens is 121 g/mol. The van der Waals surface area contributed by atoms with E-state index in [0.717, 1.165) is 0 Å². The lowest BCUT2D eigenvalue weighted by atomic mass is 9.73. The molecule has 1 aliphatic carbocycles. The lowest BCUT2D eigenvalue weighted by Gasteiger charge is -2.36. The highest BCUT2D eigenvalue weighted by Crippen LogP contribution is 2.40. The summed E-state index contributed by atoms with van der Waals surface area (Å²) < 4.78 is 12.6. The number of hydrogen-bond acceptors (Lipinski definition) is 1. The van der Waals surface area contributed by atoms with Crippen LogP contribution >= 0.6 is 0 Å². The van der Waals surface area contributed by atoms with Gasteiger partial charge in [-0.3, -0.25) is 4.79 Å². The first-order valence-corrected chi connectivity index (χ1v) is 2.99. The molecule has 3 heteroatoms. The number of rotatable bonds is 1. The van der Waals surface area contributed by atoms with Crippen molar-refractivity contribution in [2.75, 3.05) is 0 Å². The average Bonchev–Trinajstić information content (AvgIpc) is 1.59. The Balaban J connectivity index is 2.35. The van der Waals surface area contributed by atoms with Gasteiger partial charge in [-0.05, 0) is 19.8 Å². The first-order valence-electron chi connectivity index (χ1n) is 2.99. The molecule has 1 aliphatic rings. The van der Waals surface area contributed by atoms with Crippen molar-refractivity contribution in [2.45, 2.75) is 25.4 Å². The predicted octanol–water partition coefficient (Wildman–Crippen LogP) is 0.610. The standard InChI is InChI=1S/C6H10FNO/c1-6(7)2-4(3-6)5(8)9/h4H,2-3H2,1H3,(H2,8,9). The van der Waals surface area contributed by atoms with E-state index in [2.05, 4.69) is 0 Å². The first kappa shape index (κ1) is 6.52. The molecule has 0 radical (unpaired) electrons. The zero-order chi connectivity index (χ0) is 7.07. The van der Waals surface area contributed by atoms with E-state index >= 15 is 0 Å². The second kappa shape index (κ2) is 1.69. The Kier molecular flexibility index (Phi) is 1.22. The van der Waals surface area contributed by atoms with Crippen molar-refractivity contribution in [3.63, 3.8) is 0 Å². The van der Waals surface area contributed by atoms with Gasteiger partial charge in [0.1, 0.15) is 5.67 Å². The van der Waals surface area contributed by atoms with Crippen LogP contribution in [0.1, 0.15) is 19.8 Å². The molecule has 1 saturated carbocycles. The fourth-order valence-corrected chi connectivity index (χ4v) is 1.17. The second-order valence-corrected chi connectivity index (χ2v) is 2.92. The largest absolute Gasteiger partial charge is 0.369 e. The molecule has 0 aromatic rings. The van der Waals surface area contributed by atoms with Crippen LogP contribution < -0.4 is 5.73 Å². The maximum atomic E-state index is 12.6. The number of halogens is 1. The summed E-state index contributed by atoms with van der Waals surface area (Å²) in [6, 6.07) is 0. The molecule has 0 spiro atoms. The van der Waals surface area contributed by atoms with Gasteiger partial charge in [-0.1, -0.05) is 0 Å². The third kappa shape index (κ3) is 1.20. The molecule has 0 aromatic carbocycles. The summed E-state index contributed by atoms with van der Waals surface area (Å²) in [7, 11) is 0. The van der Waals surface area contributed by atoms with Crippen LogP contribution in [0.5, 0.6) is 0 Å². The number of hydrogen-bond donors (Lipinski definition) is 1. The molecule has 0 atom stereocenters. The molecule has 1 rings (SSSR count). The van der Waals surface area contributed by atoms with Gasteiger partial charge >= 0.3 is 0 Å². The summed E-state index contributed by atoms with van der Waals surface area (Å²) in [5.41, 5.74) is 3.79. The van der Waals surface area contributed by atoms with Crippen LogP contribution in [0.25, 0.3) is 0 Å². The molecule has 52 valence electrons. The monoisotopic (exact) mass is 131 g/mol. The SMILES string of the molecule is CC1(F)CC(C(N)=O)C1. The minimum atomic E-state index is -1.13. The van der Waals surface area contributed by atoms with Gasteiger partial charge in [-0.15, -0.1) is 0 Å². The Morgan fingerprint density at radius 2 is 2.22 bits per heavy atom. The summed E-state index contributed by atoms with van der Waals surface area (Å²) in [6.45, 7) is 1.49. The second-order valence-electron chi connectivity index (χ2n) is 2.92. The van der Waals surface area contributed by atoms with Gasteiger partial charge in [0.2, 0.25) is 5.91 Å². The van der Waals surface area contributed by atoms with Crippen molar-refractivity contribution in [3.05, 3.63) is 0 Å². The summed E-state index contributed by atoms with van der Waals surface area (Å²) in [5, 5.41) is 0. The predicted molar refractivity (Wildman–Crippen MR) is 31.4 cm³/mol. The van der Waals surface area contributed by atoms with Gasteiger partial charge in [0.05, 0.1) is 0 Å². The molecule has 0 aliphatic heterocycles. The number of carbonyl (C=O) groups excluding carboxylic acids is 1. The van der Waals surface area contributed by atoms with Gasteiger partial charge in [-0.25, -0.2) is 4.39 Å². The van der Waals surface area contributed by atoms with Crippen LogP contribution in [0, 0.1) is 5.92 Å². The number of primary amides is 1. The number of alkyl halides is 1. The summed E-state index contributed by atoms with van der Waals surface area (Å²) in [4.78, 5) is 10.3. The lowest BCUT2D eigenvalue weighted by Crippen LogP contribution is -2.43. The Labute approximate surface area is 53.2 Å². The maximum Gasteiger partial charge on any atom is 0.220 e. The van der Waals surface area contributed by atoms with Crippen molar-refractivity contribution in [3.8, 4) is 0 Å². The van der Waals surface area contributed by atoms with Gasteiger partial charge < -0.3 is 5.73 Å². The van der Waals surface area contributed by atoms with Gasteiger partial charge in [0.15, 0.2) is 0 Å². The molecule has 0 aromatic heterocycles. The molecule has 1 amide bonds. The third-order valence-corrected chi connectivity index (χ3v) is 1.75. The zero-order valence-electron chi connectivity index (χ0n) is 5.36. The van der Waals surface area contributed by atoms with Gasteiger partial charge in [0, 0.05) is 5.92 Å². The fourth-order valence-electron chi connectivity index (χ4n) is 1.17.